The molecular formula is C17H25ClN2O4S. The van der Waals surface area contributed by atoms with E-state index in [1.54, 1.807) is 4.90 Å². The molecule has 1 aliphatic heterocycles. The fourth-order valence-electron chi connectivity index (χ4n) is 2.50. The van der Waals surface area contributed by atoms with Gasteiger partial charge in [-0.1, -0.05) is 25.4 Å². The van der Waals surface area contributed by atoms with Crippen LogP contribution in [0.15, 0.2) is 23.1 Å². The van der Waals surface area contributed by atoms with Crippen molar-refractivity contribution in [2.45, 2.75) is 38.0 Å². The summed E-state index contributed by atoms with van der Waals surface area (Å²) in [6.45, 7) is 5.61. The van der Waals surface area contributed by atoms with Crippen LogP contribution in [0.3, 0.4) is 0 Å². The lowest BCUT2D eigenvalue weighted by molar-refractivity contribution is -0.134. The van der Waals surface area contributed by atoms with Gasteiger partial charge < -0.3 is 9.64 Å². The molecule has 8 heteroatoms. The number of nitrogens with zero attached hydrogens (tertiary/aromatic N) is 1. The summed E-state index contributed by atoms with van der Waals surface area (Å²) in [6.07, 6.45) is 3.18. The van der Waals surface area contributed by atoms with Crippen molar-refractivity contribution in [3.05, 3.63) is 23.2 Å². The Morgan fingerprint density at radius 2 is 1.96 bits per heavy atom. The number of sulfonamides is 1. The normalized spacial score (nSPS) is 15.4. The number of likely N-dealkylation sites (tertiary alicyclic amines) is 1. The van der Waals surface area contributed by atoms with E-state index in [-0.39, 0.29) is 28.4 Å². The lowest BCUT2D eigenvalue weighted by Crippen LogP contribution is -2.38. The number of benzene rings is 1. The Kier molecular flexibility index (Phi) is 7.10. The maximum Gasteiger partial charge on any atom is 0.260 e. The zero-order valence-corrected chi connectivity index (χ0v) is 16.2. The smallest absolute Gasteiger partial charge is 0.260 e. The number of ether oxygens (including phenoxy) is 1. The van der Waals surface area contributed by atoms with E-state index in [1.807, 2.05) is 13.8 Å². The Balaban J connectivity index is 1.98. The molecule has 1 aromatic rings. The second-order valence-corrected chi connectivity index (χ2v) is 8.74. The number of hydrogen-bond acceptors (Lipinski definition) is 4. The Morgan fingerprint density at radius 1 is 1.28 bits per heavy atom. The molecule has 2 rings (SSSR count). The van der Waals surface area contributed by atoms with E-state index in [0.717, 1.165) is 32.4 Å². The van der Waals surface area contributed by atoms with Crippen LogP contribution in [0.2, 0.25) is 5.02 Å². The van der Waals surface area contributed by atoms with Gasteiger partial charge in [0.25, 0.3) is 5.91 Å². The molecule has 1 heterocycles. The van der Waals surface area contributed by atoms with Crippen LogP contribution in [0.1, 0.15) is 33.1 Å². The Bertz CT molecular complexity index is 701. The van der Waals surface area contributed by atoms with Gasteiger partial charge in [0.15, 0.2) is 6.61 Å². The van der Waals surface area contributed by atoms with Crippen LogP contribution in [-0.4, -0.2) is 45.5 Å². The second-order valence-electron chi connectivity index (χ2n) is 6.57. The van der Waals surface area contributed by atoms with Gasteiger partial charge >= 0.3 is 0 Å². The Morgan fingerprint density at radius 3 is 2.56 bits per heavy atom. The van der Waals surface area contributed by atoms with E-state index in [1.165, 1.54) is 18.2 Å². The number of carbonyl (C=O) groups excluding carboxylic acids is 1. The Hall–Kier alpha value is -1.31. The molecule has 0 radical (unpaired) electrons. The minimum Gasteiger partial charge on any atom is -0.482 e. The number of carbonyl (C=O) groups is 1. The van der Waals surface area contributed by atoms with Crippen LogP contribution in [-0.2, 0) is 14.8 Å². The molecule has 1 amide bonds. The van der Waals surface area contributed by atoms with Gasteiger partial charge in [-0.25, -0.2) is 13.1 Å². The van der Waals surface area contributed by atoms with Gasteiger partial charge in [0, 0.05) is 19.6 Å². The lowest BCUT2D eigenvalue weighted by atomic mass is 10.1. The molecule has 1 N–H and O–H groups in total. The molecule has 1 aliphatic rings. The van der Waals surface area contributed by atoms with Crippen LogP contribution in [0, 0.1) is 5.92 Å². The van der Waals surface area contributed by atoms with Crippen LogP contribution < -0.4 is 9.46 Å². The molecule has 0 bridgehead atoms. The Labute approximate surface area is 154 Å². The average molecular weight is 389 g/mol. The number of halogens is 1. The highest BCUT2D eigenvalue weighted by Gasteiger charge is 2.19. The van der Waals surface area contributed by atoms with Crippen LogP contribution >= 0.6 is 11.6 Å². The molecule has 25 heavy (non-hydrogen) atoms. The highest BCUT2D eigenvalue weighted by molar-refractivity contribution is 7.89. The topological polar surface area (TPSA) is 75.7 Å². The fraction of sp³-hybridized carbons (Fsp3) is 0.588. The van der Waals surface area contributed by atoms with Gasteiger partial charge in [-0.2, -0.15) is 0 Å². The minimum atomic E-state index is -3.61. The molecule has 0 unspecified atom stereocenters. The first-order valence-corrected chi connectivity index (χ1v) is 10.4. The third-order valence-corrected chi connectivity index (χ3v) is 5.67. The molecular weight excluding hydrogens is 364 g/mol. The molecule has 1 aromatic carbocycles. The largest absolute Gasteiger partial charge is 0.482 e. The van der Waals surface area contributed by atoms with Crippen molar-refractivity contribution in [2.24, 2.45) is 5.92 Å². The van der Waals surface area contributed by atoms with Crippen molar-refractivity contribution in [3.63, 3.8) is 0 Å². The summed E-state index contributed by atoms with van der Waals surface area (Å²) in [5, 5.41) is 0.166. The lowest BCUT2D eigenvalue weighted by Gasteiger charge is -2.26. The molecule has 0 aromatic heterocycles. The summed E-state index contributed by atoms with van der Waals surface area (Å²) in [5.41, 5.74) is 0. The monoisotopic (exact) mass is 388 g/mol. The van der Waals surface area contributed by atoms with Crippen LogP contribution in [0.4, 0.5) is 0 Å². The molecule has 6 nitrogen and oxygen atoms in total. The molecule has 1 saturated heterocycles. The van der Waals surface area contributed by atoms with E-state index >= 15 is 0 Å². The van der Waals surface area contributed by atoms with E-state index in [0.29, 0.717) is 12.3 Å². The third-order valence-electron chi connectivity index (χ3n) is 3.96. The van der Waals surface area contributed by atoms with Crippen molar-refractivity contribution in [1.82, 2.24) is 9.62 Å². The van der Waals surface area contributed by atoms with Gasteiger partial charge in [-0.05, 0) is 43.4 Å². The van der Waals surface area contributed by atoms with Gasteiger partial charge in [-0.3, -0.25) is 4.79 Å². The molecule has 0 aliphatic carbocycles. The van der Waals surface area contributed by atoms with Gasteiger partial charge in [0.1, 0.15) is 5.75 Å². The molecule has 0 atom stereocenters. The highest BCUT2D eigenvalue weighted by atomic mass is 35.5. The maximum absolute atomic E-state index is 12.2. The van der Waals surface area contributed by atoms with Crippen molar-refractivity contribution >= 4 is 27.5 Å². The quantitative estimate of drug-likeness (QED) is 0.779. The number of rotatable bonds is 7. The maximum atomic E-state index is 12.2. The van der Waals surface area contributed by atoms with Crippen molar-refractivity contribution in [3.8, 4) is 5.75 Å². The zero-order chi connectivity index (χ0) is 18.4. The number of hydrogen-bond donors (Lipinski definition) is 1. The van der Waals surface area contributed by atoms with E-state index in [4.69, 9.17) is 16.3 Å². The first-order chi connectivity index (χ1) is 11.8. The molecule has 0 saturated carbocycles. The first-order valence-electron chi connectivity index (χ1n) is 8.49. The predicted molar refractivity (Wildman–Crippen MR) is 97.4 cm³/mol. The van der Waals surface area contributed by atoms with Gasteiger partial charge in [0.2, 0.25) is 10.0 Å². The highest BCUT2D eigenvalue weighted by Crippen LogP contribution is 2.27. The summed E-state index contributed by atoms with van der Waals surface area (Å²) in [7, 11) is -3.61. The van der Waals surface area contributed by atoms with Crippen LogP contribution in [0.25, 0.3) is 0 Å². The summed E-state index contributed by atoms with van der Waals surface area (Å²) in [6, 6.07) is 4.25. The second kappa shape index (κ2) is 8.87. The number of amides is 1. The van der Waals surface area contributed by atoms with E-state index in [9.17, 15) is 13.2 Å². The van der Waals surface area contributed by atoms with Crippen molar-refractivity contribution in [1.29, 1.82) is 0 Å². The van der Waals surface area contributed by atoms with E-state index in [2.05, 4.69) is 4.72 Å². The number of nitrogens with one attached hydrogen (secondary N) is 1. The summed E-state index contributed by atoms with van der Waals surface area (Å²) >= 11 is 6.13. The summed E-state index contributed by atoms with van der Waals surface area (Å²) in [5.74, 6) is 0.426. The fourth-order valence-corrected chi connectivity index (χ4v) is 4.04. The molecule has 140 valence electrons. The van der Waals surface area contributed by atoms with Crippen molar-refractivity contribution < 1.29 is 17.9 Å². The number of piperidine rings is 1. The van der Waals surface area contributed by atoms with Gasteiger partial charge in [0.05, 0.1) is 9.92 Å². The third kappa shape index (κ3) is 5.87. The average Bonchev–Trinajstić information content (AvgIpc) is 2.59. The summed E-state index contributed by atoms with van der Waals surface area (Å²) in [4.78, 5) is 14.0. The molecule has 0 spiro atoms. The van der Waals surface area contributed by atoms with E-state index < -0.39 is 10.0 Å². The SMILES string of the molecule is CC(C)CNS(=O)(=O)c1ccc(OCC(=O)N2CCCCC2)c(Cl)c1. The standard InChI is InChI=1S/C17H25ClN2O4S/c1-13(2)11-19-25(22,23)14-6-7-16(15(18)10-14)24-12-17(21)20-8-4-3-5-9-20/h6-7,10,13,19H,3-5,8-9,11-12H2,1-2H3. The zero-order valence-electron chi connectivity index (χ0n) is 14.6. The van der Waals surface area contributed by atoms with Gasteiger partial charge in [-0.15, -0.1) is 0 Å². The van der Waals surface area contributed by atoms with Crippen LogP contribution in [0.5, 0.6) is 5.75 Å². The minimum absolute atomic E-state index is 0.0767. The predicted octanol–water partition coefficient (Wildman–Crippen LogP) is 2.67. The molecule has 1 fully saturated rings. The first kappa shape index (κ1) is 20.0. The van der Waals surface area contributed by atoms with Crippen molar-refractivity contribution in [2.75, 3.05) is 26.2 Å². The summed E-state index contributed by atoms with van der Waals surface area (Å²) < 4.78 is 32.4.